The zero-order valence-corrected chi connectivity index (χ0v) is 12.0. The first-order chi connectivity index (χ1) is 6.02. The van der Waals surface area contributed by atoms with Crippen LogP contribution >= 0.6 is 0 Å². The molecule has 0 saturated heterocycles. The average molecular weight is 214 g/mol. The van der Waals surface area contributed by atoms with Crippen molar-refractivity contribution in [1.29, 1.82) is 0 Å². The average Bonchev–Trinajstić information content (AvgIpc) is 2.05. The van der Waals surface area contributed by atoms with E-state index in [2.05, 4.69) is 46.1 Å². The second-order valence-electron chi connectivity index (χ2n) is 4.02. The minimum absolute atomic E-state index is 0.0577. The fourth-order valence-electron chi connectivity index (χ4n) is 1.45. The molecule has 0 spiro atoms. The molecule has 77 valence electrons. The van der Waals surface area contributed by atoms with Gasteiger partial charge >= 0.3 is 0 Å². The molecule has 0 aliphatic heterocycles. The molecular formula is C10H24NSi2. The first-order valence-corrected chi connectivity index (χ1v) is 9.28. The zero-order valence-electron chi connectivity index (χ0n) is 10.0. The van der Waals surface area contributed by atoms with E-state index < -0.39 is 0 Å². The highest BCUT2D eigenvalue weighted by Gasteiger charge is 2.18. The van der Waals surface area contributed by atoms with Crippen molar-refractivity contribution in [2.75, 3.05) is 0 Å². The lowest BCUT2D eigenvalue weighted by Gasteiger charge is -2.32. The Kier molecular flexibility index (Phi) is 7.00. The molecule has 0 amide bonds. The standard InChI is InChI=1S/C10H24NSi2/c1-7-13(8-2)12-11(9(3)4)10(5)6/h9-10H,7-8H2,1-6H3. The number of nitrogens with zero attached hydrogens (tertiary/aromatic N) is 1. The molecule has 0 heterocycles. The van der Waals surface area contributed by atoms with Gasteiger partial charge < -0.3 is 4.57 Å². The molecule has 0 N–H and O–H groups in total. The Bertz CT molecular complexity index is 114. The smallest absolute Gasteiger partial charge is 0.125 e. The summed E-state index contributed by atoms with van der Waals surface area (Å²) in [6.07, 6.45) is 0. The molecule has 3 heteroatoms. The summed E-state index contributed by atoms with van der Waals surface area (Å²) in [7, 11) is 1.05. The van der Waals surface area contributed by atoms with Gasteiger partial charge in [-0.2, -0.15) is 0 Å². The van der Waals surface area contributed by atoms with Crippen LogP contribution in [0.15, 0.2) is 0 Å². The second-order valence-corrected chi connectivity index (χ2v) is 10.2. The van der Waals surface area contributed by atoms with Gasteiger partial charge in [0.25, 0.3) is 0 Å². The van der Waals surface area contributed by atoms with Gasteiger partial charge in [-0.1, -0.05) is 53.6 Å². The Balaban J connectivity index is 4.08. The van der Waals surface area contributed by atoms with E-state index in [9.17, 15) is 0 Å². The quantitative estimate of drug-likeness (QED) is 0.615. The third kappa shape index (κ3) is 4.98. The Morgan fingerprint density at radius 1 is 1.00 bits per heavy atom. The van der Waals surface area contributed by atoms with Crippen molar-refractivity contribution >= 4 is 17.5 Å². The van der Waals surface area contributed by atoms with Gasteiger partial charge in [0, 0.05) is 0 Å². The van der Waals surface area contributed by atoms with Gasteiger partial charge in [0.05, 0.1) is 8.31 Å². The fraction of sp³-hybridized carbons (Fsp3) is 1.00. The predicted octanol–water partition coefficient (Wildman–Crippen LogP) is 2.76. The Morgan fingerprint density at radius 2 is 1.38 bits per heavy atom. The minimum atomic E-state index is -0.0577. The number of hydrogen-bond donors (Lipinski definition) is 0. The lowest BCUT2D eigenvalue weighted by Crippen LogP contribution is -2.46. The Hall–Kier alpha value is 0.394. The first kappa shape index (κ1) is 13.4. The van der Waals surface area contributed by atoms with Crippen LogP contribution in [0.1, 0.15) is 41.5 Å². The topological polar surface area (TPSA) is 3.24 Å². The van der Waals surface area contributed by atoms with Crippen molar-refractivity contribution in [2.24, 2.45) is 0 Å². The molecule has 0 aromatic rings. The molecule has 13 heavy (non-hydrogen) atoms. The van der Waals surface area contributed by atoms with E-state index in [1.54, 1.807) is 0 Å². The molecule has 3 radical (unpaired) electrons. The molecule has 0 aliphatic rings. The summed E-state index contributed by atoms with van der Waals surface area (Å²) in [6, 6.07) is 4.29. The highest BCUT2D eigenvalue weighted by atomic mass is 29.2. The van der Waals surface area contributed by atoms with E-state index in [-0.39, 0.29) is 8.31 Å². The largest absolute Gasteiger partial charge is 0.323 e. The van der Waals surface area contributed by atoms with E-state index in [0.29, 0.717) is 0 Å². The third-order valence-corrected chi connectivity index (χ3v) is 9.41. The Morgan fingerprint density at radius 3 is 1.62 bits per heavy atom. The highest BCUT2D eigenvalue weighted by Crippen LogP contribution is 2.07. The first-order valence-electron chi connectivity index (χ1n) is 5.42. The van der Waals surface area contributed by atoms with Crippen molar-refractivity contribution in [3.05, 3.63) is 0 Å². The van der Waals surface area contributed by atoms with Crippen LogP contribution in [0.4, 0.5) is 0 Å². The van der Waals surface area contributed by atoms with E-state index in [0.717, 1.165) is 21.3 Å². The Labute approximate surface area is 88.2 Å². The van der Waals surface area contributed by atoms with Gasteiger partial charge in [-0.05, 0) is 12.1 Å². The van der Waals surface area contributed by atoms with E-state index >= 15 is 0 Å². The van der Waals surface area contributed by atoms with Crippen LogP contribution in [0.5, 0.6) is 0 Å². The molecule has 0 unspecified atom stereocenters. The maximum absolute atomic E-state index is 2.67. The van der Waals surface area contributed by atoms with Crippen molar-refractivity contribution in [3.63, 3.8) is 0 Å². The van der Waals surface area contributed by atoms with Crippen LogP contribution in [0.2, 0.25) is 12.1 Å². The SMILES string of the molecule is CC[Si](CC)[Si]N(C(C)C)C(C)C. The van der Waals surface area contributed by atoms with Crippen molar-refractivity contribution in [1.82, 2.24) is 4.57 Å². The molecule has 1 nitrogen and oxygen atoms in total. The lowest BCUT2D eigenvalue weighted by molar-refractivity contribution is 0.316. The summed E-state index contributed by atoms with van der Waals surface area (Å²) in [5.41, 5.74) is 0. The van der Waals surface area contributed by atoms with E-state index in [1.165, 1.54) is 12.1 Å². The zero-order chi connectivity index (χ0) is 10.4. The molecule has 0 bridgehead atoms. The second kappa shape index (κ2) is 6.79. The summed E-state index contributed by atoms with van der Waals surface area (Å²) in [6.45, 7) is 14.0. The molecule has 0 aromatic carbocycles. The van der Waals surface area contributed by atoms with Crippen molar-refractivity contribution in [2.45, 2.75) is 65.7 Å². The van der Waals surface area contributed by atoms with Crippen molar-refractivity contribution < 1.29 is 0 Å². The van der Waals surface area contributed by atoms with Crippen LogP contribution in [-0.4, -0.2) is 34.2 Å². The monoisotopic (exact) mass is 214 g/mol. The molecular weight excluding hydrogens is 190 g/mol. The maximum Gasteiger partial charge on any atom is 0.125 e. The van der Waals surface area contributed by atoms with Crippen molar-refractivity contribution in [3.8, 4) is 0 Å². The van der Waals surface area contributed by atoms with Crippen LogP contribution < -0.4 is 0 Å². The van der Waals surface area contributed by atoms with E-state index in [4.69, 9.17) is 0 Å². The summed E-state index contributed by atoms with van der Waals surface area (Å²) in [5, 5.41) is 0. The van der Waals surface area contributed by atoms with Gasteiger partial charge in [0.15, 0.2) is 0 Å². The fourth-order valence-corrected chi connectivity index (χ4v) is 6.74. The molecule has 0 fully saturated rings. The normalized spacial score (nSPS) is 12.5. The maximum atomic E-state index is 2.67. The van der Waals surface area contributed by atoms with Gasteiger partial charge in [0.1, 0.15) is 9.20 Å². The molecule has 0 atom stereocenters. The molecule has 0 rings (SSSR count). The summed E-state index contributed by atoms with van der Waals surface area (Å²) in [4.78, 5) is 0. The lowest BCUT2D eigenvalue weighted by atomic mass is 10.3. The van der Waals surface area contributed by atoms with E-state index in [1.807, 2.05) is 0 Å². The summed E-state index contributed by atoms with van der Waals surface area (Å²) >= 11 is 0. The van der Waals surface area contributed by atoms with Gasteiger partial charge in [-0.25, -0.2) is 0 Å². The van der Waals surface area contributed by atoms with Crippen LogP contribution in [0.3, 0.4) is 0 Å². The number of rotatable bonds is 6. The molecule has 0 aliphatic carbocycles. The highest BCUT2D eigenvalue weighted by molar-refractivity contribution is 7.11. The number of hydrogen-bond acceptors (Lipinski definition) is 1. The van der Waals surface area contributed by atoms with Crippen LogP contribution in [0.25, 0.3) is 0 Å². The third-order valence-electron chi connectivity index (χ3n) is 2.25. The van der Waals surface area contributed by atoms with Crippen LogP contribution in [0, 0.1) is 0 Å². The molecule has 0 aromatic heterocycles. The predicted molar refractivity (Wildman–Crippen MR) is 64.6 cm³/mol. The van der Waals surface area contributed by atoms with Gasteiger partial charge in [0.2, 0.25) is 0 Å². The van der Waals surface area contributed by atoms with Gasteiger partial charge in [-0.3, -0.25) is 0 Å². The van der Waals surface area contributed by atoms with Crippen LogP contribution in [-0.2, 0) is 0 Å². The summed E-state index contributed by atoms with van der Waals surface area (Å²) < 4.78 is 2.67. The minimum Gasteiger partial charge on any atom is -0.323 e. The molecule has 0 saturated carbocycles. The van der Waals surface area contributed by atoms with Gasteiger partial charge in [-0.15, -0.1) is 0 Å². The summed E-state index contributed by atoms with van der Waals surface area (Å²) in [5.74, 6) is 0.